The van der Waals surface area contributed by atoms with E-state index in [1.54, 1.807) is 32.0 Å². The lowest BCUT2D eigenvalue weighted by Gasteiger charge is -2.30. The Morgan fingerprint density at radius 2 is 1.65 bits per heavy atom. The molecule has 1 aromatic heterocycles. The zero-order valence-corrected chi connectivity index (χ0v) is 22.7. The van der Waals surface area contributed by atoms with Gasteiger partial charge < -0.3 is 13.9 Å². The van der Waals surface area contributed by atoms with Crippen molar-refractivity contribution in [1.82, 2.24) is 4.48 Å². The van der Waals surface area contributed by atoms with Gasteiger partial charge in [0, 0.05) is 28.2 Å². The molecule has 2 heterocycles. The third kappa shape index (κ3) is 4.34. The van der Waals surface area contributed by atoms with E-state index in [-0.39, 0.29) is 11.4 Å². The van der Waals surface area contributed by atoms with E-state index < -0.39 is 25.1 Å². The van der Waals surface area contributed by atoms with E-state index in [0.717, 1.165) is 33.4 Å². The Balaban J connectivity index is 2.10. The molecular weight excluding hydrogens is 469 g/mol. The molecule has 0 radical (unpaired) electrons. The Kier molecular flexibility index (Phi) is 7.02. The maximum atomic E-state index is 15.3. The van der Waals surface area contributed by atoms with E-state index in [9.17, 15) is 14.3 Å². The number of carbonyl (C=O) groups is 1. The van der Waals surface area contributed by atoms with Gasteiger partial charge in [0.2, 0.25) is 0 Å². The third-order valence-electron chi connectivity index (χ3n) is 7.65. The lowest BCUT2D eigenvalue weighted by Crippen LogP contribution is -2.28. The predicted octanol–water partition coefficient (Wildman–Crippen LogP) is 7.25. The number of nitrogens with zero attached hydrogens (tertiary/aromatic N) is 2. The summed E-state index contributed by atoms with van der Waals surface area (Å²) in [6, 6.07) is 10.4. The van der Waals surface area contributed by atoms with Crippen molar-refractivity contribution in [3.63, 3.8) is 0 Å². The van der Waals surface area contributed by atoms with Crippen LogP contribution in [0.25, 0.3) is 5.57 Å². The number of rotatable bonds is 6. The van der Waals surface area contributed by atoms with Crippen molar-refractivity contribution in [2.45, 2.75) is 67.2 Å². The molecule has 0 spiro atoms. The first kappa shape index (κ1) is 26.6. The van der Waals surface area contributed by atoms with Crippen LogP contribution in [0.15, 0.2) is 47.0 Å². The zero-order chi connectivity index (χ0) is 27.3. The van der Waals surface area contributed by atoms with E-state index in [1.165, 1.54) is 17.4 Å². The highest BCUT2D eigenvalue weighted by Crippen LogP contribution is 2.45. The fraction of sp³-hybridized carbons (Fsp3) is 0.333. The number of halogens is 2. The fourth-order valence-electron chi connectivity index (χ4n) is 6.36. The number of benzene rings is 2. The standard InChI is InChI=1S/C30H33BF2N2O2/c1-15-13-16(2)24(17(3)14-15)27(29-19(5)26(30(36)37)21(7)35(29)31(8)33)28-18(4)25(20(6)34-28)22-11-9-10-12-23(22)32/h9-14,27-28H,1-8H3,(H,36,37). The highest BCUT2D eigenvalue weighted by Gasteiger charge is 2.40. The lowest BCUT2D eigenvalue weighted by atomic mass is 9.77. The molecule has 1 aliphatic rings. The first-order valence-electron chi connectivity index (χ1n) is 12.5. The molecule has 1 N–H and O–H groups in total. The summed E-state index contributed by atoms with van der Waals surface area (Å²) < 4.78 is 31.7. The topological polar surface area (TPSA) is 54.6 Å². The van der Waals surface area contributed by atoms with E-state index in [4.69, 9.17) is 4.99 Å². The minimum Gasteiger partial charge on any atom is -0.478 e. The van der Waals surface area contributed by atoms with Crippen LogP contribution >= 0.6 is 0 Å². The van der Waals surface area contributed by atoms with Gasteiger partial charge in [0.25, 0.3) is 0 Å². The van der Waals surface area contributed by atoms with Gasteiger partial charge in [-0.3, -0.25) is 4.99 Å². The maximum absolute atomic E-state index is 15.3. The van der Waals surface area contributed by atoms with Gasteiger partial charge in [-0.05, 0) is 89.2 Å². The third-order valence-corrected chi connectivity index (χ3v) is 7.65. The first-order valence-corrected chi connectivity index (χ1v) is 12.5. The van der Waals surface area contributed by atoms with Crippen LogP contribution in [0.5, 0.6) is 0 Å². The monoisotopic (exact) mass is 502 g/mol. The molecule has 4 rings (SSSR count). The van der Waals surface area contributed by atoms with Crippen molar-refractivity contribution in [2.75, 3.05) is 0 Å². The zero-order valence-electron chi connectivity index (χ0n) is 22.7. The van der Waals surface area contributed by atoms with Crippen molar-refractivity contribution in [3.8, 4) is 0 Å². The first-order chi connectivity index (χ1) is 17.4. The van der Waals surface area contributed by atoms with Gasteiger partial charge in [-0.1, -0.05) is 35.9 Å². The number of carboxylic acids is 1. The summed E-state index contributed by atoms with van der Waals surface area (Å²) in [4.78, 5) is 17.3. The molecule has 3 aromatic rings. The van der Waals surface area contributed by atoms with Crippen LogP contribution in [0.2, 0.25) is 6.82 Å². The Morgan fingerprint density at radius 1 is 1.05 bits per heavy atom. The largest absolute Gasteiger partial charge is 0.478 e. The van der Waals surface area contributed by atoms with Crippen LogP contribution in [0.4, 0.5) is 8.71 Å². The highest BCUT2D eigenvalue weighted by molar-refractivity contribution is 6.48. The van der Waals surface area contributed by atoms with Crippen LogP contribution in [0.1, 0.15) is 74.9 Å². The van der Waals surface area contributed by atoms with E-state index in [0.29, 0.717) is 28.2 Å². The second-order valence-corrected chi connectivity index (χ2v) is 10.2. The number of hydrogen-bond acceptors (Lipinski definition) is 2. The van der Waals surface area contributed by atoms with Crippen molar-refractivity contribution >= 4 is 24.4 Å². The van der Waals surface area contributed by atoms with Gasteiger partial charge in [0.1, 0.15) is 5.82 Å². The molecule has 7 heteroatoms. The maximum Gasteiger partial charge on any atom is 0.461 e. The molecule has 0 amide bonds. The molecule has 0 bridgehead atoms. The summed E-state index contributed by atoms with van der Waals surface area (Å²) >= 11 is 0. The van der Waals surface area contributed by atoms with E-state index in [1.807, 2.05) is 34.6 Å². The van der Waals surface area contributed by atoms with Crippen LogP contribution in [0.3, 0.4) is 0 Å². The molecule has 192 valence electrons. The van der Waals surface area contributed by atoms with Gasteiger partial charge in [-0.15, -0.1) is 0 Å². The average molecular weight is 502 g/mol. The molecule has 4 nitrogen and oxygen atoms in total. The Morgan fingerprint density at radius 3 is 2.19 bits per heavy atom. The van der Waals surface area contributed by atoms with Gasteiger partial charge in [0.15, 0.2) is 0 Å². The van der Waals surface area contributed by atoms with Crippen LogP contribution in [-0.2, 0) is 0 Å². The number of carboxylic acid groups (broad SMARTS) is 1. The number of aromatic carboxylic acids is 1. The average Bonchev–Trinajstić information content (AvgIpc) is 3.22. The van der Waals surface area contributed by atoms with Crippen LogP contribution in [-0.4, -0.2) is 34.4 Å². The SMILES string of the molecule is CB(F)n1c(C)c(C(=O)O)c(C)c1C(c1c(C)cc(C)cc1C)C1N=C(C)C(c2ccccc2F)=C1C. The van der Waals surface area contributed by atoms with Gasteiger partial charge in [-0.25, -0.2) is 9.18 Å². The van der Waals surface area contributed by atoms with Gasteiger partial charge in [0.05, 0.1) is 17.5 Å². The summed E-state index contributed by atoms with van der Waals surface area (Å²) in [5, 5.41) is 10.0. The number of aliphatic imine (C=N–C) groups is 1. The highest BCUT2D eigenvalue weighted by atomic mass is 19.1. The molecule has 0 aliphatic carbocycles. The minimum absolute atomic E-state index is 0.113. The lowest BCUT2D eigenvalue weighted by molar-refractivity contribution is 0.0695. The molecular formula is C30H33BF2N2O2. The second-order valence-electron chi connectivity index (χ2n) is 10.2. The molecule has 0 saturated carbocycles. The van der Waals surface area contributed by atoms with E-state index >= 15 is 4.32 Å². The number of allylic oxidation sites excluding steroid dienone is 1. The summed E-state index contributed by atoms with van der Waals surface area (Å²) in [5.41, 5.74) is 8.55. The van der Waals surface area contributed by atoms with Crippen molar-refractivity contribution in [2.24, 2.45) is 4.99 Å². The van der Waals surface area contributed by atoms with Crippen molar-refractivity contribution in [1.29, 1.82) is 0 Å². The number of aryl methyl sites for hydroxylation is 3. The minimum atomic E-state index is -1.45. The van der Waals surface area contributed by atoms with E-state index in [2.05, 4.69) is 12.1 Å². The quantitative estimate of drug-likeness (QED) is 0.361. The Hall–Kier alpha value is -3.48. The molecule has 2 unspecified atom stereocenters. The molecule has 0 saturated heterocycles. The molecule has 2 atom stereocenters. The summed E-state index contributed by atoms with van der Waals surface area (Å²) in [6.07, 6.45) is 0. The predicted molar refractivity (Wildman–Crippen MR) is 147 cm³/mol. The Labute approximate surface area is 217 Å². The van der Waals surface area contributed by atoms with Crippen molar-refractivity contribution in [3.05, 3.63) is 98.1 Å². The molecule has 1 aliphatic heterocycles. The molecule has 2 aromatic carbocycles. The van der Waals surface area contributed by atoms with Crippen molar-refractivity contribution < 1.29 is 18.6 Å². The van der Waals surface area contributed by atoms with Gasteiger partial charge in [-0.2, -0.15) is 0 Å². The summed E-state index contributed by atoms with van der Waals surface area (Å²) in [7, 11) is -1.45. The molecule has 37 heavy (non-hydrogen) atoms. The number of hydrogen-bond donors (Lipinski definition) is 1. The van der Waals surface area contributed by atoms with Crippen LogP contribution < -0.4 is 0 Å². The fourth-order valence-corrected chi connectivity index (χ4v) is 6.36. The smallest absolute Gasteiger partial charge is 0.461 e. The summed E-state index contributed by atoms with van der Waals surface area (Å²) in [5.74, 6) is -1.88. The number of aromatic nitrogens is 1. The molecule has 0 fully saturated rings. The Bertz CT molecular complexity index is 1460. The second kappa shape index (κ2) is 9.77. The normalized spacial score (nSPS) is 16.3. The van der Waals surface area contributed by atoms with Gasteiger partial charge >= 0.3 is 13.1 Å². The summed E-state index contributed by atoms with van der Waals surface area (Å²) in [6.45, 7) is 14.7. The van der Waals surface area contributed by atoms with Crippen LogP contribution in [0, 0.1) is 40.4 Å².